The van der Waals surface area contributed by atoms with Gasteiger partial charge >= 0.3 is 0 Å². The smallest absolute Gasteiger partial charge is 0.101 e. The van der Waals surface area contributed by atoms with Crippen molar-refractivity contribution >= 4 is 27.5 Å². The highest BCUT2D eigenvalue weighted by atomic mass is 15.1. The lowest BCUT2D eigenvalue weighted by molar-refractivity contribution is 0.687. The van der Waals surface area contributed by atoms with Gasteiger partial charge in [-0.2, -0.15) is 10.4 Å². The lowest BCUT2D eigenvalue weighted by Crippen LogP contribution is -2.13. The standard InChI is InChI=1S/C28H26N6/c1-17(2)32-22-11-20(13-30-14-22)19-7-10-24-23(12-19)26-25(15-31-24)33-34-27(26)18-5-8-21(9-6-18)28(3,4)16-29/h5-15,17,32H,1-4H3,(H,33,34). The number of aromatic nitrogens is 4. The van der Waals surface area contributed by atoms with Gasteiger partial charge in [-0.3, -0.25) is 15.1 Å². The Morgan fingerprint density at radius 3 is 2.44 bits per heavy atom. The van der Waals surface area contributed by atoms with Crippen LogP contribution in [0.1, 0.15) is 33.3 Å². The number of nitrogens with zero attached hydrogens (tertiary/aromatic N) is 4. The van der Waals surface area contributed by atoms with Crippen molar-refractivity contribution in [3.63, 3.8) is 0 Å². The van der Waals surface area contributed by atoms with Gasteiger partial charge in [0.25, 0.3) is 0 Å². The zero-order valence-electron chi connectivity index (χ0n) is 19.7. The fraction of sp³-hybridized carbons (Fsp3) is 0.214. The maximum atomic E-state index is 9.46. The van der Waals surface area contributed by atoms with Crippen molar-refractivity contribution in [3.8, 4) is 28.5 Å². The van der Waals surface area contributed by atoms with Gasteiger partial charge in [0.1, 0.15) is 5.69 Å². The number of anilines is 1. The molecule has 3 heterocycles. The molecule has 0 spiro atoms. The lowest BCUT2D eigenvalue weighted by atomic mass is 9.86. The van der Waals surface area contributed by atoms with Crippen LogP contribution in [0.25, 0.3) is 44.2 Å². The van der Waals surface area contributed by atoms with E-state index >= 15 is 0 Å². The van der Waals surface area contributed by atoms with Gasteiger partial charge in [0.2, 0.25) is 0 Å². The van der Waals surface area contributed by atoms with E-state index in [2.05, 4.69) is 63.6 Å². The van der Waals surface area contributed by atoms with Crippen molar-refractivity contribution < 1.29 is 0 Å². The molecule has 3 aromatic heterocycles. The first-order chi connectivity index (χ1) is 16.4. The van der Waals surface area contributed by atoms with Crippen LogP contribution in [0.2, 0.25) is 0 Å². The molecule has 168 valence electrons. The second kappa shape index (κ2) is 8.27. The van der Waals surface area contributed by atoms with Gasteiger partial charge in [0, 0.05) is 40.3 Å². The van der Waals surface area contributed by atoms with E-state index in [4.69, 9.17) is 0 Å². The third-order valence-electron chi connectivity index (χ3n) is 6.08. The van der Waals surface area contributed by atoms with Gasteiger partial charge in [-0.1, -0.05) is 30.3 Å². The molecule has 0 aliphatic rings. The van der Waals surface area contributed by atoms with E-state index in [9.17, 15) is 5.26 Å². The van der Waals surface area contributed by atoms with Crippen LogP contribution in [0.15, 0.2) is 67.1 Å². The molecule has 0 saturated heterocycles. The minimum Gasteiger partial charge on any atom is -0.382 e. The second-order valence-corrected chi connectivity index (χ2v) is 9.43. The molecule has 6 heteroatoms. The lowest BCUT2D eigenvalue weighted by Gasteiger charge is -2.15. The molecule has 0 fully saturated rings. The highest BCUT2D eigenvalue weighted by molar-refractivity contribution is 6.11. The summed E-state index contributed by atoms with van der Waals surface area (Å²) >= 11 is 0. The Labute approximate surface area is 198 Å². The summed E-state index contributed by atoms with van der Waals surface area (Å²) in [5.41, 5.74) is 7.20. The maximum absolute atomic E-state index is 9.46. The molecule has 5 aromatic rings. The Kier molecular flexibility index (Phi) is 5.25. The minimum absolute atomic E-state index is 0.330. The molecule has 0 atom stereocenters. The van der Waals surface area contributed by atoms with Crippen molar-refractivity contribution in [3.05, 3.63) is 72.7 Å². The summed E-state index contributed by atoms with van der Waals surface area (Å²) < 4.78 is 0. The van der Waals surface area contributed by atoms with Crippen LogP contribution in [0, 0.1) is 11.3 Å². The molecule has 0 bridgehead atoms. The van der Waals surface area contributed by atoms with Gasteiger partial charge in [-0.15, -0.1) is 0 Å². The topological polar surface area (TPSA) is 90.3 Å². The van der Waals surface area contributed by atoms with Crippen molar-refractivity contribution in [2.45, 2.75) is 39.2 Å². The van der Waals surface area contributed by atoms with Gasteiger partial charge in [0.15, 0.2) is 0 Å². The number of hydrogen-bond acceptors (Lipinski definition) is 5. The van der Waals surface area contributed by atoms with Crippen LogP contribution < -0.4 is 5.32 Å². The number of aromatic amines is 1. The highest BCUT2D eigenvalue weighted by Gasteiger charge is 2.20. The first-order valence-corrected chi connectivity index (χ1v) is 11.4. The monoisotopic (exact) mass is 446 g/mol. The van der Waals surface area contributed by atoms with Gasteiger partial charge in [-0.05, 0) is 57.0 Å². The zero-order valence-corrected chi connectivity index (χ0v) is 19.7. The van der Waals surface area contributed by atoms with Crippen LogP contribution in [0.3, 0.4) is 0 Å². The Morgan fingerprint density at radius 2 is 1.71 bits per heavy atom. The first kappa shape index (κ1) is 21.6. The molecule has 0 unspecified atom stereocenters. The SMILES string of the molecule is CC(C)Nc1cncc(-c2ccc3ncc4[nH]nc(-c5ccc(C(C)(C)C#N)cc5)c4c3c2)c1. The van der Waals surface area contributed by atoms with Gasteiger partial charge in [0.05, 0.1) is 34.4 Å². The van der Waals surface area contributed by atoms with Crippen LogP contribution in [0.4, 0.5) is 5.69 Å². The summed E-state index contributed by atoms with van der Waals surface area (Å²) in [6.45, 7) is 8.07. The number of pyridine rings is 2. The second-order valence-electron chi connectivity index (χ2n) is 9.43. The molecule has 0 amide bonds. The number of fused-ring (bicyclic) bond motifs is 3. The van der Waals surface area contributed by atoms with Crippen LogP contribution in [-0.4, -0.2) is 26.2 Å². The zero-order chi connectivity index (χ0) is 23.9. The average molecular weight is 447 g/mol. The predicted octanol–water partition coefficient (Wildman–Crippen LogP) is 6.46. The quantitative estimate of drug-likeness (QED) is 0.323. The third kappa shape index (κ3) is 3.86. The number of H-pyrrole nitrogens is 1. The molecule has 0 radical (unpaired) electrons. The molecule has 2 aromatic carbocycles. The van der Waals surface area contributed by atoms with Crippen LogP contribution in [-0.2, 0) is 5.41 Å². The van der Waals surface area contributed by atoms with Gasteiger partial charge < -0.3 is 5.32 Å². The normalized spacial score (nSPS) is 11.8. The Morgan fingerprint density at radius 1 is 0.941 bits per heavy atom. The fourth-order valence-corrected chi connectivity index (χ4v) is 4.21. The highest BCUT2D eigenvalue weighted by Crippen LogP contribution is 2.35. The number of nitrogens with one attached hydrogen (secondary N) is 2. The molecule has 6 nitrogen and oxygen atoms in total. The van der Waals surface area contributed by atoms with Crippen molar-refractivity contribution in [1.82, 2.24) is 20.2 Å². The summed E-state index contributed by atoms with van der Waals surface area (Å²) in [4.78, 5) is 9.06. The summed E-state index contributed by atoms with van der Waals surface area (Å²) in [6, 6.07) is 19.2. The van der Waals surface area contributed by atoms with E-state index in [1.54, 1.807) is 0 Å². The summed E-state index contributed by atoms with van der Waals surface area (Å²) in [6.07, 6.45) is 5.55. The minimum atomic E-state index is -0.537. The number of nitriles is 1. The van der Waals surface area contributed by atoms with E-state index in [-0.39, 0.29) is 0 Å². The van der Waals surface area contributed by atoms with Crippen molar-refractivity contribution in [1.29, 1.82) is 5.26 Å². The molecular weight excluding hydrogens is 420 g/mol. The summed E-state index contributed by atoms with van der Waals surface area (Å²) in [5.74, 6) is 0. The van der Waals surface area contributed by atoms with E-state index in [0.717, 1.165) is 55.4 Å². The molecule has 0 aliphatic carbocycles. The Bertz CT molecular complexity index is 1540. The number of benzene rings is 2. The first-order valence-electron chi connectivity index (χ1n) is 11.4. The molecule has 5 rings (SSSR count). The van der Waals surface area contributed by atoms with Gasteiger partial charge in [-0.25, -0.2) is 0 Å². The average Bonchev–Trinajstić information content (AvgIpc) is 3.28. The van der Waals surface area contributed by atoms with E-state index in [1.807, 2.05) is 62.8 Å². The maximum Gasteiger partial charge on any atom is 0.101 e. The number of rotatable bonds is 5. The molecule has 34 heavy (non-hydrogen) atoms. The van der Waals surface area contributed by atoms with E-state index in [0.29, 0.717) is 6.04 Å². The Balaban J connectivity index is 1.64. The van der Waals surface area contributed by atoms with E-state index < -0.39 is 5.41 Å². The molecular formula is C28H26N6. The molecule has 2 N–H and O–H groups in total. The predicted molar refractivity (Wildman–Crippen MR) is 137 cm³/mol. The van der Waals surface area contributed by atoms with Crippen molar-refractivity contribution in [2.75, 3.05) is 5.32 Å². The Hall–Kier alpha value is -4.24. The van der Waals surface area contributed by atoms with E-state index in [1.165, 1.54) is 0 Å². The molecule has 0 aliphatic heterocycles. The van der Waals surface area contributed by atoms with Crippen LogP contribution >= 0.6 is 0 Å². The summed E-state index contributed by atoms with van der Waals surface area (Å²) in [7, 11) is 0. The summed E-state index contributed by atoms with van der Waals surface area (Å²) in [5, 5.41) is 22.7. The third-order valence-corrected chi connectivity index (χ3v) is 6.08. The fourth-order valence-electron chi connectivity index (χ4n) is 4.21. The van der Waals surface area contributed by atoms with Crippen LogP contribution in [0.5, 0.6) is 0 Å². The molecule has 0 saturated carbocycles. The van der Waals surface area contributed by atoms with Crippen molar-refractivity contribution in [2.24, 2.45) is 0 Å². The largest absolute Gasteiger partial charge is 0.382 e. The number of hydrogen-bond donors (Lipinski definition) is 2.